The van der Waals surface area contributed by atoms with Crippen LogP contribution in [0.15, 0.2) is 54.6 Å². The summed E-state index contributed by atoms with van der Waals surface area (Å²) in [5.41, 5.74) is 2.52. The van der Waals surface area contributed by atoms with Crippen molar-refractivity contribution in [3.8, 4) is 5.75 Å². The first-order valence-electron chi connectivity index (χ1n) is 9.09. The van der Waals surface area contributed by atoms with Gasteiger partial charge in [0.2, 0.25) is 11.7 Å². The third-order valence-electron chi connectivity index (χ3n) is 4.60. The lowest BCUT2D eigenvalue weighted by molar-refractivity contribution is -0.123. The van der Waals surface area contributed by atoms with Crippen molar-refractivity contribution in [2.24, 2.45) is 0 Å². The summed E-state index contributed by atoms with van der Waals surface area (Å²) in [6.07, 6.45) is 3.09. The number of carbonyl (C=O) groups excluding carboxylic acids is 1. The predicted molar refractivity (Wildman–Crippen MR) is 98.9 cm³/mol. The van der Waals surface area contributed by atoms with Gasteiger partial charge >= 0.3 is 0 Å². The van der Waals surface area contributed by atoms with Crippen LogP contribution in [0.1, 0.15) is 35.8 Å². The highest BCUT2D eigenvalue weighted by atomic mass is 16.5. The first-order chi connectivity index (χ1) is 13.3. The van der Waals surface area contributed by atoms with Crippen LogP contribution < -0.4 is 10.1 Å². The van der Waals surface area contributed by atoms with Crippen LogP contribution in [0.3, 0.4) is 0 Å². The van der Waals surface area contributed by atoms with Gasteiger partial charge in [0.05, 0.1) is 6.04 Å². The highest BCUT2D eigenvalue weighted by molar-refractivity contribution is 5.76. The molecule has 3 aromatic rings. The van der Waals surface area contributed by atoms with Crippen LogP contribution in [0.5, 0.6) is 5.75 Å². The number of amides is 1. The number of carbonyl (C=O) groups is 1. The van der Waals surface area contributed by atoms with E-state index in [-0.39, 0.29) is 25.1 Å². The smallest absolute Gasteiger partial charge is 0.244 e. The molecule has 0 saturated carbocycles. The number of tetrazole rings is 1. The summed E-state index contributed by atoms with van der Waals surface area (Å²) in [5.74, 6) is 1.06. The third kappa shape index (κ3) is 4.31. The topological polar surface area (TPSA) is 81.9 Å². The summed E-state index contributed by atoms with van der Waals surface area (Å²) in [6, 6.07) is 17.8. The molecule has 1 aromatic heterocycles. The molecule has 1 N–H and O–H groups in total. The lowest BCUT2D eigenvalue weighted by Gasteiger charge is -2.26. The van der Waals surface area contributed by atoms with Crippen LogP contribution >= 0.6 is 0 Å². The molecule has 1 aliphatic carbocycles. The number of hydrogen-bond acceptors (Lipinski definition) is 5. The fourth-order valence-corrected chi connectivity index (χ4v) is 3.34. The van der Waals surface area contributed by atoms with Gasteiger partial charge in [-0.15, -0.1) is 10.2 Å². The number of benzene rings is 2. The Labute approximate surface area is 157 Å². The van der Waals surface area contributed by atoms with Crippen LogP contribution in [-0.2, 0) is 24.4 Å². The number of hydrogen-bond donors (Lipinski definition) is 1. The van der Waals surface area contributed by atoms with Gasteiger partial charge in [0.15, 0.2) is 6.61 Å². The second-order valence-electron chi connectivity index (χ2n) is 6.55. The van der Waals surface area contributed by atoms with Crippen LogP contribution in [0.25, 0.3) is 0 Å². The van der Waals surface area contributed by atoms with E-state index in [1.165, 1.54) is 15.9 Å². The van der Waals surface area contributed by atoms with Gasteiger partial charge in [0, 0.05) is 0 Å². The van der Waals surface area contributed by atoms with Gasteiger partial charge in [-0.3, -0.25) is 4.79 Å². The summed E-state index contributed by atoms with van der Waals surface area (Å²) >= 11 is 0. The maximum Gasteiger partial charge on any atom is 0.244 e. The number of aryl methyl sites for hydroxylation is 1. The van der Waals surface area contributed by atoms with Gasteiger partial charge < -0.3 is 10.1 Å². The summed E-state index contributed by atoms with van der Waals surface area (Å²) in [5, 5.41) is 15.2. The zero-order chi connectivity index (χ0) is 18.5. The number of para-hydroxylation sites is 1. The third-order valence-corrected chi connectivity index (χ3v) is 4.60. The second kappa shape index (κ2) is 7.99. The zero-order valence-corrected chi connectivity index (χ0v) is 14.9. The average Bonchev–Trinajstić information content (AvgIpc) is 3.15. The molecule has 7 heteroatoms. The minimum atomic E-state index is -0.121. The van der Waals surface area contributed by atoms with Crippen molar-refractivity contribution in [3.63, 3.8) is 0 Å². The molecule has 138 valence electrons. The molecule has 4 rings (SSSR count). The molecular weight excluding hydrogens is 342 g/mol. The lowest BCUT2D eigenvalue weighted by atomic mass is 9.88. The number of nitrogens with zero attached hydrogens (tertiary/aromatic N) is 4. The van der Waals surface area contributed by atoms with E-state index in [4.69, 9.17) is 4.74 Å². The highest BCUT2D eigenvalue weighted by Gasteiger charge is 2.21. The molecule has 2 aromatic carbocycles. The van der Waals surface area contributed by atoms with Crippen molar-refractivity contribution in [1.29, 1.82) is 0 Å². The maximum absolute atomic E-state index is 12.4. The van der Waals surface area contributed by atoms with Crippen LogP contribution in [0.2, 0.25) is 0 Å². The maximum atomic E-state index is 12.4. The molecule has 7 nitrogen and oxygen atoms in total. The number of aromatic nitrogens is 4. The molecule has 1 unspecified atom stereocenters. The van der Waals surface area contributed by atoms with Gasteiger partial charge in [-0.1, -0.05) is 42.5 Å². The molecule has 27 heavy (non-hydrogen) atoms. The van der Waals surface area contributed by atoms with Gasteiger partial charge in [0.1, 0.15) is 12.3 Å². The van der Waals surface area contributed by atoms with Gasteiger partial charge in [-0.2, -0.15) is 4.80 Å². The summed E-state index contributed by atoms with van der Waals surface area (Å²) < 4.78 is 5.59. The molecule has 0 bridgehead atoms. The fraction of sp³-hybridized carbons (Fsp3) is 0.300. The van der Waals surface area contributed by atoms with E-state index in [2.05, 4.69) is 32.9 Å². The average molecular weight is 363 g/mol. The molecule has 0 spiro atoms. The minimum absolute atomic E-state index is 0.0387. The van der Waals surface area contributed by atoms with E-state index in [0.717, 1.165) is 25.0 Å². The van der Waals surface area contributed by atoms with Gasteiger partial charge in [-0.25, -0.2) is 0 Å². The number of nitrogens with one attached hydrogen (secondary N) is 1. The van der Waals surface area contributed by atoms with Crippen molar-refractivity contribution in [2.45, 2.75) is 38.5 Å². The quantitative estimate of drug-likeness (QED) is 0.727. The highest BCUT2D eigenvalue weighted by Crippen LogP contribution is 2.29. The minimum Gasteiger partial charge on any atom is -0.485 e. The van der Waals surface area contributed by atoms with Crippen LogP contribution in [-0.4, -0.2) is 26.1 Å². The van der Waals surface area contributed by atoms with E-state index in [0.29, 0.717) is 5.82 Å². The van der Waals surface area contributed by atoms with Gasteiger partial charge in [-0.05, 0) is 47.7 Å². The van der Waals surface area contributed by atoms with E-state index in [9.17, 15) is 4.79 Å². The van der Waals surface area contributed by atoms with Crippen molar-refractivity contribution in [2.75, 3.05) is 0 Å². The fourth-order valence-electron chi connectivity index (χ4n) is 3.34. The lowest BCUT2D eigenvalue weighted by Crippen LogP contribution is -2.34. The van der Waals surface area contributed by atoms with Crippen molar-refractivity contribution in [3.05, 3.63) is 71.5 Å². The Morgan fingerprint density at radius 1 is 1.15 bits per heavy atom. The van der Waals surface area contributed by atoms with Crippen molar-refractivity contribution < 1.29 is 9.53 Å². The Hall–Kier alpha value is -3.22. The number of fused-ring (bicyclic) bond motifs is 1. The van der Waals surface area contributed by atoms with Crippen LogP contribution in [0.4, 0.5) is 0 Å². The Balaban J connectivity index is 1.32. The van der Waals surface area contributed by atoms with E-state index in [1.54, 1.807) is 0 Å². The molecule has 0 saturated heterocycles. The van der Waals surface area contributed by atoms with Gasteiger partial charge in [0.25, 0.3) is 0 Å². The van der Waals surface area contributed by atoms with E-state index >= 15 is 0 Å². The normalized spacial score (nSPS) is 15.8. The Bertz CT molecular complexity index is 910. The predicted octanol–water partition coefficient (Wildman–Crippen LogP) is 2.45. The monoisotopic (exact) mass is 363 g/mol. The first kappa shape index (κ1) is 17.2. The summed E-state index contributed by atoms with van der Waals surface area (Å²) in [7, 11) is 0. The van der Waals surface area contributed by atoms with Crippen LogP contribution in [0, 0.1) is 0 Å². The van der Waals surface area contributed by atoms with Crippen molar-refractivity contribution in [1.82, 2.24) is 25.5 Å². The molecule has 1 amide bonds. The van der Waals surface area contributed by atoms with E-state index < -0.39 is 0 Å². The van der Waals surface area contributed by atoms with E-state index in [1.807, 2.05) is 42.5 Å². The standard InChI is InChI=1S/C20H21N5O2/c26-20(21-18-12-6-8-15-7-4-5-11-17(15)18)13-25-23-19(22-24-25)14-27-16-9-2-1-3-10-16/h1-5,7,9-11,18H,6,8,12-14H2,(H,21,26). The first-order valence-corrected chi connectivity index (χ1v) is 9.09. The molecular formula is C20H21N5O2. The van der Waals surface area contributed by atoms with Crippen molar-refractivity contribution >= 4 is 5.91 Å². The Kier molecular flexibility index (Phi) is 5.09. The second-order valence-corrected chi connectivity index (χ2v) is 6.55. The summed E-state index contributed by atoms with van der Waals surface area (Å²) in [4.78, 5) is 13.7. The molecule has 1 aliphatic rings. The summed E-state index contributed by atoms with van der Waals surface area (Å²) in [6.45, 7) is 0.249. The molecule has 0 aliphatic heterocycles. The molecule has 1 heterocycles. The molecule has 0 fully saturated rings. The zero-order valence-electron chi connectivity index (χ0n) is 14.9. The number of ether oxygens (including phenoxy) is 1. The largest absolute Gasteiger partial charge is 0.485 e. The SMILES string of the molecule is O=C(Cn1nnc(COc2ccccc2)n1)NC1CCCc2ccccc21. The Morgan fingerprint density at radius 3 is 2.85 bits per heavy atom. The molecule has 1 atom stereocenters. The Morgan fingerprint density at radius 2 is 1.96 bits per heavy atom. The molecule has 0 radical (unpaired) electrons. The number of rotatable bonds is 6.